The minimum absolute atomic E-state index is 0.156. The van der Waals surface area contributed by atoms with E-state index in [9.17, 15) is 18.8 Å². The molecule has 1 heterocycles. The molecule has 0 atom stereocenters. The number of nitrogens with one attached hydrogen (secondary N) is 2. The number of rotatable bonds is 7. The zero-order valence-corrected chi connectivity index (χ0v) is 16.7. The zero-order chi connectivity index (χ0) is 21.5. The van der Waals surface area contributed by atoms with Crippen LogP contribution >= 0.6 is 0 Å². The maximum Gasteiger partial charge on any atom is 0.271 e. The molecular formula is C22H23FN4O3. The van der Waals surface area contributed by atoms with E-state index in [1.54, 1.807) is 36.4 Å². The molecule has 3 amide bonds. The maximum absolute atomic E-state index is 13.1. The molecule has 156 valence electrons. The number of halogens is 1. The maximum atomic E-state index is 13.1. The Morgan fingerprint density at radius 3 is 2.60 bits per heavy atom. The Morgan fingerprint density at radius 2 is 1.87 bits per heavy atom. The van der Waals surface area contributed by atoms with Crippen molar-refractivity contribution < 1.29 is 18.8 Å². The molecule has 0 spiro atoms. The quantitative estimate of drug-likeness (QED) is 0.735. The van der Waals surface area contributed by atoms with Crippen LogP contribution in [0.25, 0.3) is 0 Å². The largest absolute Gasteiger partial charge is 0.352 e. The summed E-state index contributed by atoms with van der Waals surface area (Å²) in [7, 11) is 0. The SMILES string of the molecule is CCCNC(=O)c1cccc(NC(=O)C2=NN(Cc3ccc(F)cc3)C(=O)CC2)c1. The van der Waals surface area contributed by atoms with Gasteiger partial charge in [0, 0.05) is 30.6 Å². The average Bonchev–Trinajstić information content (AvgIpc) is 2.75. The van der Waals surface area contributed by atoms with E-state index < -0.39 is 5.91 Å². The van der Waals surface area contributed by atoms with Crippen molar-refractivity contribution in [1.82, 2.24) is 10.3 Å². The summed E-state index contributed by atoms with van der Waals surface area (Å²) in [6.07, 6.45) is 1.21. The number of amides is 3. The second-order valence-corrected chi connectivity index (χ2v) is 6.92. The number of carbonyl (C=O) groups is 3. The zero-order valence-electron chi connectivity index (χ0n) is 16.7. The second kappa shape index (κ2) is 9.78. The third-order valence-electron chi connectivity index (χ3n) is 4.53. The van der Waals surface area contributed by atoms with Crippen LogP contribution in [0.3, 0.4) is 0 Å². The van der Waals surface area contributed by atoms with Crippen molar-refractivity contribution in [3.05, 3.63) is 65.5 Å². The molecule has 0 unspecified atom stereocenters. The van der Waals surface area contributed by atoms with Crippen LogP contribution in [-0.4, -0.2) is 35.0 Å². The van der Waals surface area contributed by atoms with Gasteiger partial charge in [0.2, 0.25) is 5.91 Å². The Morgan fingerprint density at radius 1 is 1.10 bits per heavy atom. The van der Waals surface area contributed by atoms with E-state index in [1.807, 2.05) is 6.92 Å². The van der Waals surface area contributed by atoms with Gasteiger partial charge in [-0.2, -0.15) is 5.10 Å². The van der Waals surface area contributed by atoms with E-state index in [1.165, 1.54) is 17.1 Å². The lowest BCUT2D eigenvalue weighted by atomic mass is 10.1. The lowest BCUT2D eigenvalue weighted by Crippen LogP contribution is -2.36. The highest BCUT2D eigenvalue weighted by Crippen LogP contribution is 2.16. The first-order valence-corrected chi connectivity index (χ1v) is 9.78. The van der Waals surface area contributed by atoms with Gasteiger partial charge in [0.15, 0.2) is 0 Å². The Bertz CT molecular complexity index is 973. The highest BCUT2D eigenvalue weighted by Gasteiger charge is 2.24. The molecule has 30 heavy (non-hydrogen) atoms. The number of nitrogens with zero attached hydrogens (tertiary/aromatic N) is 2. The van der Waals surface area contributed by atoms with E-state index in [-0.39, 0.29) is 42.7 Å². The Kier molecular flexibility index (Phi) is 6.90. The van der Waals surface area contributed by atoms with E-state index >= 15 is 0 Å². The molecule has 8 heteroatoms. The fourth-order valence-electron chi connectivity index (χ4n) is 2.93. The summed E-state index contributed by atoms with van der Waals surface area (Å²) in [5.74, 6) is -1.21. The molecule has 0 aromatic heterocycles. The van der Waals surface area contributed by atoms with Gasteiger partial charge in [-0.3, -0.25) is 14.4 Å². The first-order valence-electron chi connectivity index (χ1n) is 9.78. The van der Waals surface area contributed by atoms with Crippen LogP contribution in [0.4, 0.5) is 10.1 Å². The Labute approximate surface area is 174 Å². The van der Waals surface area contributed by atoms with Gasteiger partial charge in [0.05, 0.1) is 6.54 Å². The van der Waals surface area contributed by atoms with Crippen molar-refractivity contribution in [1.29, 1.82) is 0 Å². The lowest BCUT2D eigenvalue weighted by molar-refractivity contribution is -0.132. The molecule has 1 aliphatic rings. The van der Waals surface area contributed by atoms with Gasteiger partial charge in [-0.15, -0.1) is 0 Å². The highest BCUT2D eigenvalue weighted by atomic mass is 19.1. The first kappa shape index (κ1) is 21.2. The van der Waals surface area contributed by atoms with Crippen LogP contribution < -0.4 is 10.6 Å². The Hall–Kier alpha value is -3.55. The van der Waals surface area contributed by atoms with Gasteiger partial charge in [-0.05, 0) is 42.3 Å². The fourth-order valence-corrected chi connectivity index (χ4v) is 2.93. The van der Waals surface area contributed by atoms with Gasteiger partial charge >= 0.3 is 0 Å². The standard InChI is InChI=1S/C22H23FN4O3/c1-2-12-24-21(29)16-4-3-5-18(13-16)25-22(30)19-10-11-20(28)27(26-19)14-15-6-8-17(23)9-7-15/h3-9,13H,2,10-12,14H2,1H3,(H,24,29)(H,25,30). The summed E-state index contributed by atoms with van der Waals surface area (Å²) in [4.78, 5) is 36.9. The van der Waals surface area contributed by atoms with Crippen molar-refractivity contribution in [3.8, 4) is 0 Å². The number of carbonyl (C=O) groups excluding carboxylic acids is 3. The van der Waals surface area contributed by atoms with Crippen molar-refractivity contribution in [2.24, 2.45) is 5.10 Å². The minimum atomic E-state index is -0.433. The molecule has 0 radical (unpaired) electrons. The van der Waals surface area contributed by atoms with E-state index in [0.717, 1.165) is 6.42 Å². The predicted octanol–water partition coefficient (Wildman–Crippen LogP) is 3.08. The summed E-state index contributed by atoms with van der Waals surface area (Å²) in [6, 6.07) is 12.4. The molecule has 3 rings (SSSR count). The smallest absolute Gasteiger partial charge is 0.271 e. The van der Waals surface area contributed by atoms with Crippen molar-refractivity contribution in [3.63, 3.8) is 0 Å². The molecule has 2 N–H and O–H groups in total. The molecule has 2 aromatic carbocycles. The van der Waals surface area contributed by atoms with Crippen molar-refractivity contribution in [2.75, 3.05) is 11.9 Å². The molecule has 0 fully saturated rings. The van der Waals surface area contributed by atoms with Crippen LogP contribution in [0.1, 0.15) is 42.1 Å². The molecule has 0 saturated carbocycles. The summed E-state index contributed by atoms with van der Waals surface area (Å²) >= 11 is 0. The summed E-state index contributed by atoms with van der Waals surface area (Å²) in [5, 5.41) is 10.9. The predicted molar refractivity (Wildman–Crippen MR) is 111 cm³/mol. The van der Waals surface area contributed by atoms with Crippen LogP contribution in [0, 0.1) is 5.82 Å². The molecular weight excluding hydrogens is 387 g/mol. The number of benzene rings is 2. The fraction of sp³-hybridized carbons (Fsp3) is 0.273. The van der Waals surface area contributed by atoms with Crippen LogP contribution in [0.5, 0.6) is 0 Å². The van der Waals surface area contributed by atoms with Crippen molar-refractivity contribution in [2.45, 2.75) is 32.7 Å². The van der Waals surface area contributed by atoms with Crippen molar-refractivity contribution >= 4 is 29.1 Å². The molecule has 7 nitrogen and oxygen atoms in total. The number of hydrazone groups is 1. The van der Waals surface area contributed by atoms with Crippen LogP contribution in [0.2, 0.25) is 0 Å². The van der Waals surface area contributed by atoms with E-state index in [0.29, 0.717) is 23.4 Å². The van der Waals surface area contributed by atoms with Gasteiger partial charge in [-0.25, -0.2) is 9.40 Å². The van der Waals surface area contributed by atoms with Gasteiger partial charge in [0.1, 0.15) is 11.5 Å². The molecule has 2 aromatic rings. The van der Waals surface area contributed by atoms with Gasteiger partial charge in [-0.1, -0.05) is 25.1 Å². The topological polar surface area (TPSA) is 90.9 Å². The molecule has 0 saturated heterocycles. The van der Waals surface area contributed by atoms with Crippen LogP contribution in [-0.2, 0) is 16.1 Å². The summed E-state index contributed by atoms with van der Waals surface area (Å²) in [6.45, 7) is 2.69. The third-order valence-corrected chi connectivity index (χ3v) is 4.53. The monoisotopic (exact) mass is 410 g/mol. The number of hydrogen-bond acceptors (Lipinski definition) is 4. The summed E-state index contributed by atoms with van der Waals surface area (Å²) in [5.41, 5.74) is 1.84. The average molecular weight is 410 g/mol. The van der Waals surface area contributed by atoms with Gasteiger partial charge in [0.25, 0.3) is 11.8 Å². The Balaban J connectivity index is 1.69. The number of hydrogen-bond donors (Lipinski definition) is 2. The second-order valence-electron chi connectivity index (χ2n) is 6.92. The van der Waals surface area contributed by atoms with Crippen LogP contribution in [0.15, 0.2) is 53.6 Å². The summed E-state index contributed by atoms with van der Waals surface area (Å²) < 4.78 is 13.1. The van der Waals surface area contributed by atoms with E-state index in [2.05, 4.69) is 15.7 Å². The third kappa shape index (κ3) is 5.50. The first-order chi connectivity index (χ1) is 14.5. The molecule has 0 bridgehead atoms. The minimum Gasteiger partial charge on any atom is -0.352 e. The van der Waals surface area contributed by atoms with Gasteiger partial charge < -0.3 is 10.6 Å². The normalized spacial score (nSPS) is 13.6. The lowest BCUT2D eigenvalue weighted by Gasteiger charge is -2.23. The highest BCUT2D eigenvalue weighted by molar-refractivity contribution is 6.43. The molecule has 1 aliphatic heterocycles. The molecule has 0 aliphatic carbocycles. The number of anilines is 1. The van der Waals surface area contributed by atoms with E-state index in [4.69, 9.17) is 0 Å².